The van der Waals surface area contributed by atoms with Crippen molar-refractivity contribution in [2.45, 2.75) is 24.7 Å². The Bertz CT molecular complexity index is 463. The highest BCUT2D eigenvalue weighted by molar-refractivity contribution is 5.74. The molecule has 0 spiro atoms. The molecule has 3 rings (SSSR count). The zero-order chi connectivity index (χ0) is 10.5. The third kappa shape index (κ3) is 1.40. The first-order valence-corrected chi connectivity index (χ1v) is 4.96. The minimum Gasteiger partial charge on any atom is -0.342 e. The van der Waals surface area contributed by atoms with Gasteiger partial charge in [0.25, 0.3) is 0 Å². The zero-order valence-electron chi connectivity index (χ0n) is 8.00. The molecule has 1 N–H and O–H groups in total. The molecule has 0 amide bonds. The Morgan fingerprint density at radius 2 is 2.00 bits per heavy atom. The Morgan fingerprint density at radius 1 is 1.27 bits per heavy atom. The Morgan fingerprint density at radius 3 is 2.67 bits per heavy atom. The van der Waals surface area contributed by atoms with Crippen molar-refractivity contribution in [1.82, 2.24) is 9.97 Å². The summed E-state index contributed by atoms with van der Waals surface area (Å²) in [6.07, 6.45) is -0.153. The number of rotatable bonds is 1. The van der Waals surface area contributed by atoms with E-state index in [0.717, 1.165) is 11.0 Å². The van der Waals surface area contributed by atoms with E-state index in [4.69, 9.17) is 0 Å². The molecular formula is C11H10F2N2. The Balaban J connectivity index is 1.93. The van der Waals surface area contributed by atoms with Gasteiger partial charge in [-0.3, -0.25) is 0 Å². The van der Waals surface area contributed by atoms with Gasteiger partial charge in [0.15, 0.2) is 0 Å². The van der Waals surface area contributed by atoms with Crippen LogP contribution < -0.4 is 0 Å². The molecular weight excluding hydrogens is 198 g/mol. The van der Waals surface area contributed by atoms with Crippen LogP contribution in [0.25, 0.3) is 11.0 Å². The number of alkyl halides is 2. The molecule has 1 aliphatic carbocycles. The summed E-state index contributed by atoms with van der Waals surface area (Å²) in [7, 11) is 0. The highest BCUT2D eigenvalue weighted by Crippen LogP contribution is 2.47. The normalized spacial score (nSPS) is 20.4. The molecule has 0 aliphatic heterocycles. The molecule has 1 heterocycles. The first-order chi connectivity index (χ1) is 7.14. The van der Waals surface area contributed by atoms with E-state index in [1.807, 2.05) is 24.3 Å². The van der Waals surface area contributed by atoms with Crippen LogP contribution in [0.4, 0.5) is 8.78 Å². The molecule has 0 radical (unpaired) electrons. The fourth-order valence-corrected chi connectivity index (χ4v) is 2.02. The molecule has 78 valence electrons. The third-order valence-corrected chi connectivity index (χ3v) is 2.88. The van der Waals surface area contributed by atoms with Crippen molar-refractivity contribution in [3.63, 3.8) is 0 Å². The highest BCUT2D eigenvalue weighted by Gasteiger charge is 2.47. The number of aromatic nitrogens is 2. The van der Waals surface area contributed by atoms with Crippen LogP contribution in [0.3, 0.4) is 0 Å². The number of imidazole rings is 1. The molecule has 15 heavy (non-hydrogen) atoms. The topological polar surface area (TPSA) is 28.7 Å². The van der Waals surface area contributed by atoms with Crippen LogP contribution in [-0.2, 0) is 0 Å². The summed E-state index contributed by atoms with van der Waals surface area (Å²) in [6.45, 7) is 0. The maximum atomic E-state index is 12.7. The quantitative estimate of drug-likeness (QED) is 0.766. The molecule has 1 aromatic heterocycles. The molecule has 0 atom stereocenters. The van der Waals surface area contributed by atoms with E-state index in [1.54, 1.807) is 0 Å². The summed E-state index contributed by atoms with van der Waals surface area (Å²) in [4.78, 5) is 7.40. The maximum Gasteiger partial charge on any atom is 0.249 e. The number of para-hydroxylation sites is 2. The molecule has 1 saturated carbocycles. The Hall–Kier alpha value is -1.45. The van der Waals surface area contributed by atoms with Crippen molar-refractivity contribution >= 4 is 11.0 Å². The van der Waals surface area contributed by atoms with Crippen LogP contribution in [0.1, 0.15) is 24.6 Å². The Kier molecular flexibility index (Phi) is 1.63. The van der Waals surface area contributed by atoms with Gasteiger partial charge in [0, 0.05) is 18.8 Å². The number of benzene rings is 1. The molecule has 0 unspecified atom stereocenters. The second kappa shape index (κ2) is 2.78. The first kappa shape index (κ1) is 8.83. The molecule has 1 aromatic carbocycles. The molecule has 2 aromatic rings. The first-order valence-electron chi connectivity index (χ1n) is 4.96. The van der Waals surface area contributed by atoms with Crippen molar-refractivity contribution in [1.29, 1.82) is 0 Å². The number of fused-ring (bicyclic) bond motifs is 1. The molecule has 2 nitrogen and oxygen atoms in total. The largest absolute Gasteiger partial charge is 0.342 e. The monoisotopic (exact) mass is 208 g/mol. The summed E-state index contributed by atoms with van der Waals surface area (Å²) in [5.74, 6) is -1.89. The van der Waals surface area contributed by atoms with E-state index < -0.39 is 5.92 Å². The number of aromatic amines is 1. The second-order valence-corrected chi connectivity index (χ2v) is 4.10. The van der Waals surface area contributed by atoms with Crippen molar-refractivity contribution in [2.24, 2.45) is 0 Å². The number of H-pyrrole nitrogens is 1. The van der Waals surface area contributed by atoms with E-state index in [-0.39, 0.29) is 18.8 Å². The highest BCUT2D eigenvalue weighted by atomic mass is 19.3. The van der Waals surface area contributed by atoms with E-state index in [1.165, 1.54) is 0 Å². The van der Waals surface area contributed by atoms with Gasteiger partial charge in [-0.1, -0.05) is 12.1 Å². The summed E-state index contributed by atoms with van der Waals surface area (Å²) in [5, 5.41) is 0. The van der Waals surface area contributed by atoms with Crippen LogP contribution in [0.15, 0.2) is 24.3 Å². The van der Waals surface area contributed by atoms with Gasteiger partial charge in [-0.15, -0.1) is 0 Å². The van der Waals surface area contributed by atoms with E-state index in [2.05, 4.69) is 9.97 Å². The van der Waals surface area contributed by atoms with Crippen LogP contribution in [-0.4, -0.2) is 15.9 Å². The predicted octanol–water partition coefficient (Wildman–Crippen LogP) is 3.08. The van der Waals surface area contributed by atoms with Crippen LogP contribution in [0, 0.1) is 0 Å². The summed E-state index contributed by atoms with van der Waals surface area (Å²) in [6, 6.07) is 7.58. The minimum absolute atomic E-state index is 0.0766. The van der Waals surface area contributed by atoms with Crippen molar-refractivity contribution in [3.05, 3.63) is 30.1 Å². The molecule has 4 heteroatoms. The molecule has 1 aliphatic rings. The lowest BCUT2D eigenvalue weighted by Crippen LogP contribution is -2.34. The maximum absolute atomic E-state index is 12.7. The van der Waals surface area contributed by atoms with E-state index in [0.29, 0.717) is 5.82 Å². The zero-order valence-corrected chi connectivity index (χ0v) is 8.00. The van der Waals surface area contributed by atoms with Crippen molar-refractivity contribution in [3.8, 4) is 0 Å². The van der Waals surface area contributed by atoms with Gasteiger partial charge in [-0.2, -0.15) is 0 Å². The fraction of sp³-hybridized carbons (Fsp3) is 0.364. The standard InChI is InChI=1S/C11H10F2N2/c12-11(13)5-7(6-11)10-14-8-3-1-2-4-9(8)15-10/h1-4,7H,5-6H2,(H,14,15). The van der Waals surface area contributed by atoms with E-state index >= 15 is 0 Å². The average Bonchev–Trinajstić information content (AvgIpc) is 2.56. The van der Waals surface area contributed by atoms with Crippen molar-refractivity contribution < 1.29 is 8.78 Å². The average molecular weight is 208 g/mol. The third-order valence-electron chi connectivity index (χ3n) is 2.88. The lowest BCUT2D eigenvalue weighted by Gasteiger charge is -2.33. The number of hydrogen-bond acceptors (Lipinski definition) is 1. The van der Waals surface area contributed by atoms with Gasteiger partial charge >= 0.3 is 0 Å². The summed E-state index contributed by atoms with van der Waals surface area (Å²) < 4.78 is 25.4. The van der Waals surface area contributed by atoms with Gasteiger partial charge in [0.2, 0.25) is 5.92 Å². The lowest BCUT2D eigenvalue weighted by molar-refractivity contribution is -0.0883. The number of nitrogens with zero attached hydrogens (tertiary/aromatic N) is 1. The Labute approximate surface area is 85.3 Å². The molecule has 0 saturated heterocycles. The summed E-state index contributed by atoms with van der Waals surface area (Å²) >= 11 is 0. The van der Waals surface area contributed by atoms with Gasteiger partial charge in [0.05, 0.1) is 11.0 Å². The van der Waals surface area contributed by atoms with Gasteiger partial charge in [0.1, 0.15) is 5.82 Å². The SMILES string of the molecule is FC1(F)CC(c2nc3ccccc3[nH]2)C1. The van der Waals surface area contributed by atoms with Gasteiger partial charge in [-0.05, 0) is 12.1 Å². The molecule has 0 bridgehead atoms. The van der Waals surface area contributed by atoms with E-state index in [9.17, 15) is 8.78 Å². The van der Waals surface area contributed by atoms with Crippen molar-refractivity contribution in [2.75, 3.05) is 0 Å². The lowest BCUT2D eigenvalue weighted by atomic mass is 9.81. The van der Waals surface area contributed by atoms with Gasteiger partial charge < -0.3 is 4.98 Å². The number of nitrogens with one attached hydrogen (secondary N) is 1. The smallest absolute Gasteiger partial charge is 0.249 e. The number of halogens is 2. The predicted molar refractivity (Wildman–Crippen MR) is 53.0 cm³/mol. The van der Waals surface area contributed by atoms with Crippen LogP contribution in [0.5, 0.6) is 0 Å². The summed E-state index contributed by atoms with van der Waals surface area (Å²) in [5.41, 5.74) is 1.77. The number of hydrogen-bond donors (Lipinski definition) is 1. The van der Waals surface area contributed by atoms with Crippen LogP contribution in [0.2, 0.25) is 0 Å². The second-order valence-electron chi connectivity index (χ2n) is 4.10. The van der Waals surface area contributed by atoms with Gasteiger partial charge in [-0.25, -0.2) is 13.8 Å². The van der Waals surface area contributed by atoms with Crippen LogP contribution >= 0.6 is 0 Å². The minimum atomic E-state index is -2.48. The fourth-order valence-electron chi connectivity index (χ4n) is 2.02. The molecule has 1 fully saturated rings.